The molecule has 0 radical (unpaired) electrons. The van der Waals surface area contributed by atoms with Crippen molar-refractivity contribution in [3.8, 4) is 6.07 Å². The van der Waals surface area contributed by atoms with Crippen LogP contribution in [-0.2, 0) is 0 Å². The maximum absolute atomic E-state index is 13.4. The Labute approximate surface area is 144 Å². The Kier molecular flexibility index (Phi) is 4.74. The lowest BCUT2D eigenvalue weighted by molar-refractivity contribution is 0.627. The summed E-state index contributed by atoms with van der Waals surface area (Å²) in [6.07, 6.45) is 1.70. The van der Waals surface area contributed by atoms with Gasteiger partial charge in [-0.05, 0) is 48.0 Å². The normalized spacial score (nSPS) is 11.5. The van der Waals surface area contributed by atoms with Crippen molar-refractivity contribution in [3.05, 3.63) is 94.5 Å². The molecule has 1 unspecified atom stereocenters. The highest BCUT2D eigenvalue weighted by Gasteiger charge is 2.17. The van der Waals surface area contributed by atoms with E-state index in [1.54, 1.807) is 18.3 Å². The molecule has 2 aromatic carbocycles. The van der Waals surface area contributed by atoms with Crippen molar-refractivity contribution in [1.29, 1.82) is 5.26 Å². The van der Waals surface area contributed by atoms with Gasteiger partial charge in [0.2, 0.25) is 0 Å². The molecule has 3 aromatic rings. The average Bonchev–Trinajstić information content (AvgIpc) is 2.61. The van der Waals surface area contributed by atoms with Gasteiger partial charge in [-0.2, -0.15) is 5.26 Å². The van der Waals surface area contributed by atoms with Gasteiger partial charge in [-0.3, -0.25) is 4.98 Å². The molecule has 0 fully saturated rings. The topological polar surface area (TPSA) is 48.7 Å². The van der Waals surface area contributed by atoms with Crippen LogP contribution in [0, 0.1) is 17.1 Å². The molecule has 24 heavy (non-hydrogen) atoms. The van der Waals surface area contributed by atoms with Crippen LogP contribution in [0.4, 0.5) is 10.1 Å². The van der Waals surface area contributed by atoms with Crippen LogP contribution in [0.25, 0.3) is 0 Å². The number of nitriles is 1. The van der Waals surface area contributed by atoms with Gasteiger partial charge in [-0.1, -0.05) is 29.8 Å². The molecule has 1 aromatic heterocycles. The first-order valence-corrected chi connectivity index (χ1v) is 7.68. The molecule has 0 saturated carbocycles. The molecule has 0 spiro atoms. The molecule has 1 heterocycles. The number of hydrogen-bond donors (Lipinski definition) is 1. The second-order valence-corrected chi connectivity index (χ2v) is 5.63. The van der Waals surface area contributed by atoms with Crippen LogP contribution in [0.2, 0.25) is 5.02 Å². The number of nitrogens with one attached hydrogen (secondary N) is 1. The van der Waals surface area contributed by atoms with E-state index in [1.807, 2.05) is 42.5 Å². The molecule has 0 aliphatic rings. The summed E-state index contributed by atoms with van der Waals surface area (Å²) >= 11 is 6.11. The van der Waals surface area contributed by atoms with Gasteiger partial charge in [0.05, 0.1) is 23.0 Å². The molecule has 1 N–H and O–H groups in total. The van der Waals surface area contributed by atoms with Crippen molar-refractivity contribution >= 4 is 17.3 Å². The second-order valence-electron chi connectivity index (χ2n) is 5.19. The summed E-state index contributed by atoms with van der Waals surface area (Å²) in [5, 5.41) is 13.1. The van der Waals surface area contributed by atoms with E-state index in [-0.39, 0.29) is 11.6 Å². The summed E-state index contributed by atoms with van der Waals surface area (Å²) in [6, 6.07) is 18.8. The zero-order valence-electron chi connectivity index (χ0n) is 12.6. The monoisotopic (exact) mass is 337 g/mol. The van der Waals surface area contributed by atoms with Gasteiger partial charge in [0.15, 0.2) is 0 Å². The minimum atomic E-state index is -0.450. The van der Waals surface area contributed by atoms with Crippen molar-refractivity contribution in [2.24, 2.45) is 0 Å². The largest absolute Gasteiger partial charge is 0.372 e. The predicted molar refractivity (Wildman–Crippen MR) is 92.3 cm³/mol. The summed E-state index contributed by atoms with van der Waals surface area (Å²) < 4.78 is 13.4. The van der Waals surface area contributed by atoms with E-state index < -0.39 is 5.82 Å². The van der Waals surface area contributed by atoms with Crippen molar-refractivity contribution in [2.45, 2.75) is 6.04 Å². The Bertz CT molecular complexity index is 891. The van der Waals surface area contributed by atoms with Gasteiger partial charge in [0, 0.05) is 11.2 Å². The average molecular weight is 338 g/mol. The number of nitrogens with zero attached hydrogens (tertiary/aromatic N) is 2. The van der Waals surface area contributed by atoms with Gasteiger partial charge in [-0.25, -0.2) is 4.39 Å². The van der Waals surface area contributed by atoms with E-state index in [0.717, 1.165) is 11.3 Å². The standard InChI is InChI=1S/C19H13ClFN3/c20-15-5-3-4-13(10-15)19(18-6-1-2-9-23-18)24-17-8-7-16(21)11-14(17)12-22/h1-11,19,24H. The van der Waals surface area contributed by atoms with Gasteiger partial charge < -0.3 is 5.32 Å². The second kappa shape index (κ2) is 7.12. The first-order valence-electron chi connectivity index (χ1n) is 7.30. The summed E-state index contributed by atoms with van der Waals surface area (Å²) in [5.74, 6) is -0.450. The summed E-state index contributed by atoms with van der Waals surface area (Å²) in [5.41, 5.74) is 2.44. The van der Waals surface area contributed by atoms with E-state index >= 15 is 0 Å². The number of benzene rings is 2. The highest BCUT2D eigenvalue weighted by molar-refractivity contribution is 6.30. The third kappa shape index (κ3) is 3.53. The number of hydrogen-bond acceptors (Lipinski definition) is 3. The highest BCUT2D eigenvalue weighted by Crippen LogP contribution is 2.28. The number of anilines is 1. The van der Waals surface area contributed by atoms with Crippen molar-refractivity contribution in [3.63, 3.8) is 0 Å². The van der Waals surface area contributed by atoms with E-state index in [2.05, 4.69) is 10.3 Å². The lowest BCUT2D eigenvalue weighted by Crippen LogP contribution is -2.14. The molecule has 5 heteroatoms. The smallest absolute Gasteiger partial charge is 0.124 e. The molecule has 0 amide bonds. The number of pyridine rings is 1. The quantitative estimate of drug-likeness (QED) is 0.733. The maximum Gasteiger partial charge on any atom is 0.124 e. The highest BCUT2D eigenvalue weighted by atomic mass is 35.5. The zero-order chi connectivity index (χ0) is 16.9. The van der Waals surface area contributed by atoms with Crippen LogP contribution in [0.5, 0.6) is 0 Å². The molecule has 3 rings (SSSR count). The van der Waals surface area contributed by atoms with Gasteiger partial charge in [0.25, 0.3) is 0 Å². The van der Waals surface area contributed by atoms with Crippen LogP contribution in [0.3, 0.4) is 0 Å². The Morgan fingerprint density at radius 1 is 1.08 bits per heavy atom. The maximum atomic E-state index is 13.4. The number of aromatic nitrogens is 1. The Morgan fingerprint density at radius 3 is 2.67 bits per heavy atom. The van der Waals surface area contributed by atoms with Gasteiger partial charge >= 0.3 is 0 Å². The van der Waals surface area contributed by atoms with Crippen LogP contribution >= 0.6 is 11.6 Å². The van der Waals surface area contributed by atoms with Gasteiger partial charge in [-0.15, -0.1) is 0 Å². The fourth-order valence-corrected chi connectivity index (χ4v) is 2.65. The SMILES string of the molecule is N#Cc1cc(F)ccc1NC(c1cccc(Cl)c1)c1ccccn1. The van der Waals surface area contributed by atoms with E-state index in [0.29, 0.717) is 10.7 Å². The van der Waals surface area contributed by atoms with Crippen LogP contribution in [0.15, 0.2) is 66.9 Å². The van der Waals surface area contributed by atoms with Gasteiger partial charge in [0.1, 0.15) is 11.9 Å². The lowest BCUT2D eigenvalue weighted by Gasteiger charge is -2.21. The molecule has 118 valence electrons. The zero-order valence-corrected chi connectivity index (χ0v) is 13.3. The number of halogens is 2. The molecular formula is C19H13ClFN3. The van der Waals surface area contributed by atoms with Crippen molar-refractivity contribution < 1.29 is 4.39 Å². The molecular weight excluding hydrogens is 325 g/mol. The predicted octanol–water partition coefficient (Wildman–Crippen LogP) is 4.95. The number of rotatable bonds is 4. The third-order valence-electron chi connectivity index (χ3n) is 3.57. The molecule has 0 aliphatic carbocycles. The van der Waals surface area contributed by atoms with Crippen LogP contribution < -0.4 is 5.32 Å². The molecule has 3 nitrogen and oxygen atoms in total. The molecule has 1 atom stereocenters. The fourth-order valence-electron chi connectivity index (χ4n) is 2.45. The van der Waals surface area contributed by atoms with Crippen LogP contribution in [-0.4, -0.2) is 4.98 Å². The van der Waals surface area contributed by atoms with E-state index in [4.69, 9.17) is 11.6 Å². The Morgan fingerprint density at radius 2 is 1.96 bits per heavy atom. The summed E-state index contributed by atoms with van der Waals surface area (Å²) in [6.45, 7) is 0. The third-order valence-corrected chi connectivity index (χ3v) is 3.80. The van der Waals surface area contributed by atoms with E-state index in [9.17, 15) is 9.65 Å². The van der Waals surface area contributed by atoms with Crippen molar-refractivity contribution in [2.75, 3.05) is 5.32 Å². The first kappa shape index (κ1) is 16.0. The Balaban J connectivity index is 2.05. The fraction of sp³-hybridized carbons (Fsp3) is 0.0526. The van der Waals surface area contributed by atoms with Crippen molar-refractivity contribution in [1.82, 2.24) is 4.98 Å². The van der Waals surface area contributed by atoms with Crippen LogP contribution in [0.1, 0.15) is 22.9 Å². The molecule has 0 saturated heterocycles. The molecule has 0 bridgehead atoms. The minimum Gasteiger partial charge on any atom is -0.372 e. The lowest BCUT2D eigenvalue weighted by atomic mass is 10.0. The summed E-state index contributed by atoms with van der Waals surface area (Å²) in [7, 11) is 0. The minimum absolute atomic E-state index is 0.234. The molecule has 0 aliphatic heterocycles. The van der Waals surface area contributed by atoms with E-state index in [1.165, 1.54) is 12.1 Å². The Hall–Kier alpha value is -2.90. The summed E-state index contributed by atoms with van der Waals surface area (Å²) in [4.78, 5) is 4.39. The first-order chi connectivity index (χ1) is 11.7.